The predicted octanol–water partition coefficient (Wildman–Crippen LogP) is 4.19. The van der Waals surface area contributed by atoms with E-state index < -0.39 is 0 Å². The van der Waals surface area contributed by atoms with Crippen molar-refractivity contribution in [3.63, 3.8) is 0 Å². The van der Waals surface area contributed by atoms with Crippen molar-refractivity contribution in [3.05, 3.63) is 78.2 Å². The molecule has 0 saturated carbocycles. The van der Waals surface area contributed by atoms with E-state index in [1.165, 1.54) is 19.3 Å². The van der Waals surface area contributed by atoms with Crippen molar-refractivity contribution in [3.8, 4) is 11.5 Å². The maximum Gasteiger partial charge on any atom is 0.251 e. The highest BCUT2D eigenvalue weighted by molar-refractivity contribution is 5.94. The number of hydrogen-bond acceptors (Lipinski definition) is 5. The summed E-state index contributed by atoms with van der Waals surface area (Å²) in [5.41, 5.74) is 0.567. The van der Waals surface area contributed by atoms with Crippen LogP contribution in [0.1, 0.15) is 35.4 Å². The second-order valence-electron chi connectivity index (χ2n) is 7.00. The van der Waals surface area contributed by atoms with Crippen LogP contribution in [0.5, 0.6) is 11.5 Å². The fraction of sp³-hybridized carbons (Fsp3) is 0.261. The molecule has 1 aliphatic heterocycles. The van der Waals surface area contributed by atoms with Crippen LogP contribution in [0.2, 0.25) is 0 Å². The highest BCUT2D eigenvalue weighted by Gasteiger charge is 2.13. The van der Waals surface area contributed by atoms with Gasteiger partial charge < -0.3 is 15.0 Å². The molecule has 1 fully saturated rings. The fourth-order valence-corrected chi connectivity index (χ4v) is 3.33. The van der Waals surface area contributed by atoms with Gasteiger partial charge in [-0.05, 0) is 61.7 Å². The van der Waals surface area contributed by atoms with Crippen LogP contribution in [0.4, 0.5) is 5.82 Å². The Morgan fingerprint density at radius 3 is 2.41 bits per heavy atom. The summed E-state index contributed by atoms with van der Waals surface area (Å²) < 4.78 is 5.76. The standard InChI is InChI=1S/C23H24N4O2/c28-23(18-9-11-20(12-10-18)29-19-7-3-1-4-8-19)25-17-21-24-14-13-22(26-21)27-15-5-2-6-16-27/h1,3-4,7-14H,2,5-6,15-17H2,(H,25,28). The number of anilines is 1. The maximum atomic E-state index is 12.5. The average molecular weight is 388 g/mol. The second kappa shape index (κ2) is 9.19. The molecule has 148 valence electrons. The highest BCUT2D eigenvalue weighted by atomic mass is 16.5. The second-order valence-corrected chi connectivity index (χ2v) is 7.00. The minimum absolute atomic E-state index is 0.164. The number of rotatable bonds is 6. The molecule has 2 aromatic carbocycles. The molecule has 0 radical (unpaired) electrons. The molecule has 1 saturated heterocycles. The molecule has 1 amide bonds. The van der Waals surface area contributed by atoms with Crippen molar-refractivity contribution in [2.45, 2.75) is 25.8 Å². The van der Waals surface area contributed by atoms with Gasteiger partial charge in [-0.1, -0.05) is 18.2 Å². The Labute approximate surface area is 170 Å². The molecule has 0 spiro atoms. The molecular formula is C23H24N4O2. The van der Waals surface area contributed by atoms with E-state index in [0.717, 1.165) is 24.7 Å². The van der Waals surface area contributed by atoms with E-state index >= 15 is 0 Å². The van der Waals surface area contributed by atoms with Crippen LogP contribution in [0.3, 0.4) is 0 Å². The van der Waals surface area contributed by atoms with Crippen molar-refractivity contribution in [1.29, 1.82) is 0 Å². The number of ether oxygens (including phenoxy) is 1. The molecule has 6 heteroatoms. The predicted molar refractivity (Wildman–Crippen MR) is 112 cm³/mol. The van der Waals surface area contributed by atoms with Crippen LogP contribution in [0.25, 0.3) is 0 Å². The molecule has 0 unspecified atom stereocenters. The quantitative estimate of drug-likeness (QED) is 0.686. The zero-order chi connectivity index (χ0) is 19.9. The number of amides is 1. The molecule has 0 bridgehead atoms. The fourth-order valence-electron chi connectivity index (χ4n) is 3.33. The van der Waals surface area contributed by atoms with Crippen LogP contribution >= 0.6 is 0 Å². The van der Waals surface area contributed by atoms with Crippen LogP contribution in [0, 0.1) is 0 Å². The number of carbonyl (C=O) groups excluding carboxylic acids is 1. The minimum Gasteiger partial charge on any atom is -0.457 e. The van der Waals surface area contributed by atoms with E-state index in [0.29, 0.717) is 23.7 Å². The lowest BCUT2D eigenvalue weighted by Gasteiger charge is -2.27. The first-order chi connectivity index (χ1) is 14.3. The number of para-hydroxylation sites is 1. The first-order valence-electron chi connectivity index (χ1n) is 9.96. The minimum atomic E-state index is -0.164. The van der Waals surface area contributed by atoms with Gasteiger partial charge in [-0.25, -0.2) is 9.97 Å². The van der Waals surface area contributed by atoms with Crippen LogP contribution in [-0.4, -0.2) is 29.0 Å². The zero-order valence-electron chi connectivity index (χ0n) is 16.3. The third-order valence-corrected chi connectivity index (χ3v) is 4.87. The van der Waals surface area contributed by atoms with E-state index in [9.17, 15) is 4.79 Å². The lowest BCUT2D eigenvalue weighted by molar-refractivity contribution is 0.0950. The van der Waals surface area contributed by atoms with Gasteiger partial charge in [0.2, 0.25) is 0 Å². The first-order valence-corrected chi connectivity index (χ1v) is 9.96. The Kier molecular flexibility index (Phi) is 6.00. The summed E-state index contributed by atoms with van der Waals surface area (Å²) in [6.45, 7) is 2.35. The molecule has 29 heavy (non-hydrogen) atoms. The molecule has 0 aliphatic carbocycles. The largest absolute Gasteiger partial charge is 0.457 e. The number of aromatic nitrogens is 2. The average Bonchev–Trinajstić information content (AvgIpc) is 2.79. The van der Waals surface area contributed by atoms with Crippen molar-refractivity contribution >= 4 is 11.7 Å². The van der Waals surface area contributed by atoms with E-state index in [1.807, 2.05) is 36.4 Å². The van der Waals surface area contributed by atoms with Gasteiger partial charge in [-0.2, -0.15) is 0 Å². The van der Waals surface area contributed by atoms with Crippen molar-refractivity contribution in [1.82, 2.24) is 15.3 Å². The number of nitrogens with zero attached hydrogens (tertiary/aromatic N) is 3. The molecule has 0 atom stereocenters. The number of benzene rings is 2. The third-order valence-electron chi connectivity index (χ3n) is 4.87. The summed E-state index contributed by atoms with van der Waals surface area (Å²) >= 11 is 0. The van der Waals surface area contributed by atoms with Crippen LogP contribution in [0.15, 0.2) is 66.9 Å². The number of nitrogens with one attached hydrogen (secondary N) is 1. The summed E-state index contributed by atoms with van der Waals surface area (Å²) in [6, 6.07) is 18.5. The van der Waals surface area contributed by atoms with Gasteiger partial charge >= 0.3 is 0 Å². The molecule has 3 aromatic rings. The molecule has 6 nitrogen and oxygen atoms in total. The topological polar surface area (TPSA) is 67.4 Å². The summed E-state index contributed by atoms with van der Waals surface area (Å²) in [6.07, 6.45) is 5.42. The summed E-state index contributed by atoms with van der Waals surface area (Å²) in [5.74, 6) is 2.83. The van der Waals surface area contributed by atoms with Gasteiger partial charge in [-0.3, -0.25) is 4.79 Å². The smallest absolute Gasteiger partial charge is 0.251 e. The molecule has 1 N–H and O–H groups in total. The van der Waals surface area contributed by atoms with Gasteiger partial charge in [0.1, 0.15) is 23.1 Å². The summed E-state index contributed by atoms with van der Waals surface area (Å²) in [7, 11) is 0. The van der Waals surface area contributed by atoms with E-state index in [2.05, 4.69) is 20.2 Å². The number of carbonyl (C=O) groups is 1. The van der Waals surface area contributed by atoms with Crippen molar-refractivity contribution in [2.24, 2.45) is 0 Å². The van der Waals surface area contributed by atoms with Crippen molar-refractivity contribution in [2.75, 3.05) is 18.0 Å². The monoisotopic (exact) mass is 388 g/mol. The Morgan fingerprint density at radius 1 is 0.931 bits per heavy atom. The van der Waals surface area contributed by atoms with Gasteiger partial charge in [0, 0.05) is 24.8 Å². The summed E-state index contributed by atoms with van der Waals surface area (Å²) in [4.78, 5) is 23.6. The Bertz CT molecular complexity index is 939. The Morgan fingerprint density at radius 2 is 1.66 bits per heavy atom. The molecule has 4 rings (SSSR count). The zero-order valence-corrected chi connectivity index (χ0v) is 16.3. The van der Waals surface area contributed by atoms with E-state index in [4.69, 9.17) is 4.74 Å². The van der Waals surface area contributed by atoms with Gasteiger partial charge in [0.25, 0.3) is 5.91 Å². The third kappa shape index (κ3) is 5.10. The molecule has 1 aliphatic rings. The lowest BCUT2D eigenvalue weighted by atomic mass is 10.1. The SMILES string of the molecule is O=C(NCc1nccc(N2CCCCC2)n1)c1ccc(Oc2ccccc2)cc1. The Hall–Kier alpha value is -3.41. The van der Waals surface area contributed by atoms with Crippen LogP contribution in [-0.2, 0) is 6.54 Å². The normalized spacial score (nSPS) is 13.7. The molecule has 1 aromatic heterocycles. The number of piperidine rings is 1. The highest BCUT2D eigenvalue weighted by Crippen LogP contribution is 2.21. The maximum absolute atomic E-state index is 12.5. The van der Waals surface area contributed by atoms with Crippen molar-refractivity contribution < 1.29 is 9.53 Å². The lowest BCUT2D eigenvalue weighted by Crippen LogP contribution is -2.31. The van der Waals surface area contributed by atoms with Crippen LogP contribution < -0.4 is 15.0 Å². The Balaban J connectivity index is 1.33. The van der Waals surface area contributed by atoms with E-state index in [1.54, 1.807) is 30.5 Å². The van der Waals surface area contributed by atoms with Gasteiger partial charge in [0.05, 0.1) is 6.54 Å². The first kappa shape index (κ1) is 18.9. The number of hydrogen-bond donors (Lipinski definition) is 1. The molecular weight excluding hydrogens is 364 g/mol. The van der Waals surface area contributed by atoms with Gasteiger partial charge in [-0.15, -0.1) is 0 Å². The molecule has 2 heterocycles. The summed E-state index contributed by atoms with van der Waals surface area (Å²) in [5, 5.41) is 2.89. The van der Waals surface area contributed by atoms with E-state index in [-0.39, 0.29) is 5.91 Å². The van der Waals surface area contributed by atoms with Gasteiger partial charge in [0.15, 0.2) is 0 Å².